The summed E-state index contributed by atoms with van der Waals surface area (Å²) in [5.74, 6) is -0.595. The highest BCUT2D eigenvalue weighted by molar-refractivity contribution is 7.92. The second-order valence-corrected chi connectivity index (χ2v) is 9.61. The number of ether oxygens (including phenoxy) is 1. The monoisotopic (exact) mass is 470 g/mol. The number of hydrogen-bond acceptors (Lipinski definition) is 4. The van der Waals surface area contributed by atoms with Gasteiger partial charge in [-0.2, -0.15) is 0 Å². The highest BCUT2D eigenvalue weighted by Gasteiger charge is 2.29. The topological polar surface area (TPSA) is 75.7 Å². The first-order chi connectivity index (χ1) is 15.7. The van der Waals surface area contributed by atoms with Crippen LogP contribution in [-0.2, 0) is 14.8 Å². The van der Waals surface area contributed by atoms with Crippen molar-refractivity contribution in [1.29, 1.82) is 0 Å². The number of carbonyl (C=O) groups excluding carboxylic acids is 1. The van der Waals surface area contributed by atoms with Crippen molar-refractivity contribution < 1.29 is 22.3 Å². The summed E-state index contributed by atoms with van der Waals surface area (Å²) in [6.07, 6.45) is 0. The summed E-state index contributed by atoms with van der Waals surface area (Å²) in [7, 11) is -4.17. The van der Waals surface area contributed by atoms with Crippen molar-refractivity contribution in [2.75, 3.05) is 24.0 Å². The average molecular weight is 471 g/mol. The van der Waals surface area contributed by atoms with Crippen LogP contribution in [0.1, 0.15) is 16.7 Å². The Morgan fingerprint density at radius 2 is 1.64 bits per heavy atom. The molecule has 0 unspecified atom stereocenters. The van der Waals surface area contributed by atoms with Gasteiger partial charge in [-0.1, -0.05) is 47.5 Å². The van der Waals surface area contributed by atoms with Gasteiger partial charge in [-0.15, -0.1) is 0 Å². The van der Waals surface area contributed by atoms with Crippen molar-refractivity contribution in [2.24, 2.45) is 0 Å². The lowest BCUT2D eigenvalue weighted by molar-refractivity contribution is -0.119. The smallest absolute Gasteiger partial charge is 0.264 e. The number of sulfonamides is 1. The molecule has 33 heavy (non-hydrogen) atoms. The van der Waals surface area contributed by atoms with E-state index in [9.17, 15) is 17.6 Å². The molecule has 0 aliphatic heterocycles. The van der Waals surface area contributed by atoms with Gasteiger partial charge < -0.3 is 10.1 Å². The minimum atomic E-state index is -4.17. The number of aryl methyl sites for hydroxylation is 3. The minimum absolute atomic E-state index is 0.0256. The van der Waals surface area contributed by atoms with Crippen molar-refractivity contribution in [1.82, 2.24) is 5.32 Å². The lowest BCUT2D eigenvalue weighted by atomic mass is 10.1. The van der Waals surface area contributed by atoms with Crippen molar-refractivity contribution in [3.05, 3.63) is 89.2 Å². The third-order valence-corrected chi connectivity index (χ3v) is 6.80. The van der Waals surface area contributed by atoms with Crippen LogP contribution in [-0.4, -0.2) is 34.0 Å². The average Bonchev–Trinajstić information content (AvgIpc) is 2.77. The van der Waals surface area contributed by atoms with Crippen LogP contribution in [0.3, 0.4) is 0 Å². The highest BCUT2D eigenvalue weighted by Crippen LogP contribution is 2.26. The Hall–Kier alpha value is -3.39. The van der Waals surface area contributed by atoms with Crippen LogP contribution < -0.4 is 14.4 Å². The first kappa shape index (κ1) is 24.3. The molecule has 3 aromatic carbocycles. The minimum Gasteiger partial charge on any atom is -0.491 e. The molecule has 0 saturated heterocycles. The number of amides is 1. The van der Waals surface area contributed by atoms with E-state index in [1.54, 1.807) is 12.1 Å². The molecular weight excluding hydrogens is 443 g/mol. The number of anilines is 1. The van der Waals surface area contributed by atoms with Crippen LogP contribution in [0.25, 0.3) is 0 Å². The number of halogens is 1. The SMILES string of the molecule is Cc1ccc(S(=O)(=O)N(CC(=O)NCCOc2ccc(C)cc2C)c2ccccc2F)cc1. The van der Waals surface area contributed by atoms with E-state index in [0.717, 1.165) is 27.1 Å². The van der Waals surface area contributed by atoms with Crippen molar-refractivity contribution in [2.45, 2.75) is 25.7 Å². The number of carbonyl (C=O) groups is 1. The van der Waals surface area contributed by atoms with Gasteiger partial charge in [0.25, 0.3) is 10.0 Å². The normalized spacial score (nSPS) is 11.2. The molecule has 3 aromatic rings. The molecule has 0 spiro atoms. The molecule has 174 valence electrons. The molecular formula is C25H27FN2O4S. The second kappa shape index (κ2) is 10.5. The van der Waals surface area contributed by atoms with Crippen molar-refractivity contribution in [3.63, 3.8) is 0 Å². The Bertz CT molecular complexity index is 1230. The maximum absolute atomic E-state index is 14.5. The van der Waals surface area contributed by atoms with E-state index in [4.69, 9.17) is 4.74 Å². The standard InChI is InChI=1S/C25H27FN2O4S/c1-18-8-11-21(12-9-18)33(30,31)28(23-7-5-4-6-22(23)26)17-25(29)27-14-15-32-24-13-10-19(2)16-20(24)3/h4-13,16H,14-15,17H2,1-3H3,(H,27,29). The van der Waals surface area contributed by atoms with E-state index >= 15 is 0 Å². The molecule has 0 aliphatic rings. The number of para-hydroxylation sites is 1. The zero-order valence-corrected chi connectivity index (χ0v) is 19.7. The zero-order chi connectivity index (χ0) is 24.0. The first-order valence-electron chi connectivity index (χ1n) is 10.5. The van der Waals surface area contributed by atoms with Gasteiger partial charge in [-0.25, -0.2) is 12.8 Å². The molecule has 0 heterocycles. The molecule has 1 N–H and O–H groups in total. The Morgan fingerprint density at radius 3 is 2.30 bits per heavy atom. The van der Waals surface area contributed by atoms with Crippen molar-refractivity contribution >= 4 is 21.6 Å². The molecule has 8 heteroatoms. The third kappa shape index (κ3) is 6.10. The van der Waals surface area contributed by atoms with E-state index < -0.39 is 28.3 Å². The summed E-state index contributed by atoms with van der Waals surface area (Å²) in [6.45, 7) is 5.56. The fourth-order valence-electron chi connectivity index (χ4n) is 3.29. The molecule has 3 rings (SSSR count). The zero-order valence-electron chi connectivity index (χ0n) is 18.8. The van der Waals surface area contributed by atoms with Gasteiger partial charge in [-0.3, -0.25) is 9.10 Å². The largest absolute Gasteiger partial charge is 0.491 e. The fraction of sp³-hybridized carbons (Fsp3) is 0.240. The maximum Gasteiger partial charge on any atom is 0.264 e. The molecule has 0 fully saturated rings. The predicted octanol–water partition coefficient (Wildman–Crippen LogP) is 4.14. The van der Waals surface area contributed by atoms with Crippen LogP contribution >= 0.6 is 0 Å². The van der Waals surface area contributed by atoms with Gasteiger partial charge in [-0.05, 0) is 56.7 Å². The van der Waals surface area contributed by atoms with Gasteiger partial charge in [0.15, 0.2) is 0 Å². The van der Waals surface area contributed by atoms with Crippen LogP contribution in [0.15, 0.2) is 71.6 Å². The summed E-state index contributed by atoms with van der Waals surface area (Å²) in [4.78, 5) is 12.6. The summed E-state index contributed by atoms with van der Waals surface area (Å²) in [5, 5.41) is 2.64. The van der Waals surface area contributed by atoms with Gasteiger partial charge in [0, 0.05) is 0 Å². The van der Waals surface area contributed by atoms with Crippen LogP contribution in [0.5, 0.6) is 5.75 Å². The number of benzene rings is 3. The molecule has 6 nitrogen and oxygen atoms in total. The fourth-order valence-corrected chi connectivity index (χ4v) is 4.72. The van der Waals surface area contributed by atoms with E-state index in [1.165, 1.54) is 30.3 Å². The van der Waals surface area contributed by atoms with E-state index in [0.29, 0.717) is 5.75 Å². The van der Waals surface area contributed by atoms with Crippen LogP contribution in [0.2, 0.25) is 0 Å². The van der Waals surface area contributed by atoms with E-state index in [1.807, 2.05) is 39.0 Å². The van der Waals surface area contributed by atoms with Gasteiger partial charge >= 0.3 is 0 Å². The molecule has 1 amide bonds. The number of hydrogen-bond donors (Lipinski definition) is 1. The third-order valence-electron chi connectivity index (χ3n) is 5.03. The molecule has 0 aliphatic carbocycles. The second-order valence-electron chi connectivity index (χ2n) is 7.74. The number of nitrogens with one attached hydrogen (secondary N) is 1. The van der Waals surface area contributed by atoms with E-state index in [2.05, 4.69) is 5.32 Å². The summed E-state index contributed by atoms with van der Waals surface area (Å²) in [5.41, 5.74) is 2.79. The summed E-state index contributed by atoms with van der Waals surface area (Å²) >= 11 is 0. The lowest BCUT2D eigenvalue weighted by Crippen LogP contribution is -2.42. The Kier molecular flexibility index (Phi) is 7.71. The van der Waals surface area contributed by atoms with Crippen molar-refractivity contribution in [3.8, 4) is 5.75 Å². The summed E-state index contributed by atoms with van der Waals surface area (Å²) in [6, 6.07) is 17.4. The Balaban J connectivity index is 1.71. The predicted molar refractivity (Wildman–Crippen MR) is 127 cm³/mol. The molecule has 0 aromatic heterocycles. The highest BCUT2D eigenvalue weighted by atomic mass is 32.2. The van der Waals surface area contributed by atoms with Gasteiger partial charge in [0.2, 0.25) is 5.91 Å². The Labute approximate surface area is 194 Å². The van der Waals surface area contributed by atoms with Crippen LogP contribution in [0.4, 0.5) is 10.1 Å². The molecule has 0 atom stereocenters. The molecule has 0 radical (unpaired) electrons. The van der Waals surface area contributed by atoms with Crippen LogP contribution in [0, 0.1) is 26.6 Å². The molecule has 0 bridgehead atoms. The van der Waals surface area contributed by atoms with E-state index in [-0.39, 0.29) is 23.7 Å². The van der Waals surface area contributed by atoms with Gasteiger partial charge in [0.05, 0.1) is 17.1 Å². The number of nitrogens with zero attached hydrogens (tertiary/aromatic N) is 1. The first-order valence-corrected chi connectivity index (χ1v) is 11.9. The quantitative estimate of drug-likeness (QED) is 0.477. The number of rotatable bonds is 9. The Morgan fingerprint density at radius 1 is 0.970 bits per heavy atom. The lowest BCUT2D eigenvalue weighted by Gasteiger charge is -2.24. The molecule has 0 saturated carbocycles. The van der Waals surface area contributed by atoms with Gasteiger partial charge in [0.1, 0.15) is 24.7 Å². The summed E-state index contributed by atoms with van der Waals surface area (Å²) < 4.78 is 47.5. The maximum atomic E-state index is 14.5.